The van der Waals surface area contributed by atoms with Crippen molar-refractivity contribution < 1.29 is 22.6 Å². The quantitative estimate of drug-likeness (QED) is 0.312. The van der Waals surface area contributed by atoms with Crippen LogP contribution in [0.4, 0.5) is 0 Å². The Morgan fingerprint density at radius 1 is 1.17 bits per heavy atom. The number of hydrogen-bond donors (Lipinski definition) is 1. The molecule has 3 aromatic heterocycles. The van der Waals surface area contributed by atoms with Gasteiger partial charge in [0.05, 0.1) is 25.7 Å². The molecule has 11 nitrogen and oxygen atoms in total. The largest absolute Gasteiger partial charge is 0.494 e. The van der Waals surface area contributed by atoms with Crippen LogP contribution in [-0.4, -0.2) is 64.9 Å². The number of nitrogens with one attached hydrogen (secondary N) is 1. The van der Waals surface area contributed by atoms with E-state index in [1.807, 2.05) is 6.92 Å². The third-order valence-corrected chi connectivity index (χ3v) is 8.82. The summed E-state index contributed by atoms with van der Waals surface area (Å²) in [6.07, 6.45) is 0.661. The molecule has 0 fully saturated rings. The minimum absolute atomic E-state index is 0.160. The van der Waals surface area contributed by atoms with Crippen molar-refractivity contribution in [2.24, 2.45) is 0 Å². The molecule has 0 amide bonds. The Bertz CT molecular complexity index is 1440. The van der Waals surface area contributed by atoms with Gasteiger partial charge in [0.2, 0.25) is 0 Å². The van der Waals surface area contributed by atoms with Gasteiger partial charge in [0.15, 0.2) is 21.5 Å². The molecular formula is C22H25ClN6O5S2. The van der Waals surface area contributed by atoms with Crippen LogP contribution in [0.3, 0.4) is 0 Å². The first-order valence-corrected chi connectivity index (χ1v) is 13.6. The number of aromatic amines is 1. The van der Waals surface area contributed by atoms with E-state index in [1.165, 1.54) is 38.9 Å². The van der Waals surface area contributed by atoms with Crippen LogP contribution in [0.5, 0.6) is 11.5 Å². The highest BCUT2D eigenvalue weighted by Gasteiger charge is 2.35. The molecule has 192 valence electrons. The second-order valence-corrected chi connectivity index (χ2v) is 11.9. The summed E-state index contributed by atoms with van der Waals surface area (Å²) in [6.45, 7) is 3.42. The zero-order chi connectivity index (χ0) is 26.0. The molecule has 4 aromatic rings. The molecule has 0 spiro atoms. The lowest BCUT2D eigenvalue weighted by Gasteiger charge is -2.21. The molecule has 0 bridgehead atoms. The van der Waals surface area contributed by atoms with Crippen molar-refractivity contribution in [3.05, 3.63) is 51.3 Å². The van der Waals surface area contributed by atoms with Crippen molar-refractivity contribution in [3.8, 4) is 28.7 Å². The molecular weight excluding hydrogens is 528 g/mol. The smallest absolute Gasteiger partial charge is 0.189 e. The summed E-state index contributed by atoms with van der Waals surface area (Å²) in [7, 11) is 0.637. The molecule has 0 radical (unpaired) electrons. The first kappa shape index (κ1) is 26.1. The number of sulfone groups is 1. The normalized spacial score (nSPS) is 13.5. The number of nitrogens with zero attached hydrogens (tertiary/aromatic N) is 5. The fraction of sp³-hybridized carbons (Fsp3) is 0.364. The van der Waals surface area contributed by atoms with E-state index in [4.69, 9.17) is 25.8 Å². The fourth-order valence-electron chi connectivity index (χ4n) is 3.79. The first-order chi connectivity index (χ1) is 17.2. The molecule has 4 rings (SSSR count). The highest BCUT2D eigenvalue weighted by Crippen LogP contribution is 2.37. The van der Waals surface area contributed by atoms with Gasteiger partial charge in [-0.25, -0.2) is 13.4 Å². The molecule has 0 aliphatic rings. The van der Waals surface area contributed by atoms with Gasteiger partial charge in [0.25, 0.3) is 0 Å². The minimum Gasteiger partial charge on any atom is -0.494 e. The lowest BCUT2D eigenvalue weighted by molar-refractivity contribution is 0.102. The van der Waals surface area contributed by atoms with E-state index in [9.17, 15) is 8.42 Å². The fourth-order valence-corrected chi connectivity index (χ4v) is 6.41. The Morgan fingerprint density at radius 3 is 2.39 bits per heavy atom. The van der Waals surface area contributed by atoms with Crippen LogP contribution >= 0.6 is 22.9 Å². The van der Waals surface area contributed by atoms with Crippen molar-refractivity contribution in [2.75, 3.05) is 21.3 Å². The molecule has 2 atom stereocenters. The SMILES string of the molecule is COc1cccc(OC)c1-n1c(CS(=O)(=O)[C@@H](C)[C@H](OC)c2ncc(Cl)s2)nnc1-c1cc(C)[nH]n1. The number of aromatic nitrogens is 6. The van der Waals surface area contributed by atoms with Crippen molar-refractivity contribution in [2.45, 2.75) is 31.0 Å². The average Bonchev–Trinajstić information content (AvgIpc) is 3.58. The third-order valence-electron chi connectivity index (χ3n) is 5.61. The highest BCUT2D eigenvalue weighted by molar-refractivity contribution is 7.91. The number of halogens is 1. The highest BCUT2D eigenvalue weighted by atomic mass is 35.5. The Labute approximate surface area is 217 Å². The van der Waals surface area contributed by atoms with E-state index >= 15 is 0 Å². The van der Waals surface area contributed by atoms with E-state index in [0.29, 0.717) is 38.0 Å². The van der Waals surface area contributed by atoms with Gasteiger partial charge in [0, 0.05) is 12.8 Å². The zero-order valence-corrected chi connectivity index (χ0v) is 22.6. The van der Waals surface area contributed by atoms with Gasteiger partial charge in [-0.15, -0.1) is 21.5 Å². The molecule has 0 aliphatic heterocycles. The van der Waals surface area contributed by atoms with E-state index in [2.05, 4.69) is 25.4 Å². The van der Waals surface area contributed by atoms with Crippen molar-refractivity contribution in [3.63, 3.8) is 0 Å². The molecule has 1 aromatic carbocycles. The maximum atomic E-state index is 13.6. The number of aryl methyl sites for hydroxylation is 1. The second-order valence-electron chi connectivity index (χ2n) is 7.89. The third kappa shape index (κ3) is 4.96. The van der Waals surface area contributed by atoms with Gasteiger partial charge < -0.3 is 14.2 Å². The van der Waals surface area contributed by atoms with Crippen LogP contribution in [0, 0.1) is 6.92 Å². The molecule has 14 heteroatoms. The Morgan fingerprint density at radius 2 is 1.86 bits per heavy atom. The molecule has 1 N–H and O–H groups in total. The van der Waals surface area contributed by atoms with Crippen LogP contribution < -0.4 is 9.47 Å². The number of benzene rings is 1. The van der Waals surface area contributed by atoms with Gasteiger partial charge in [-0.3, -0.25) is 9.67 Å². The predicted octanol–water partition coefficient (Wildman–Crippen LogP) is 3.78. The molecule has 3 heterocycles. The summed E-state index contributed by atoms with van der Waals surface area (Å²) in [6, 6.07) is 7.04. The predicted molar refractivity (Wildman–Crippen MR) is 136 cm³/mol. The lowest BCUT2D eigenvalue weighted by Crippen LogP contribution is -2.29. The number of ether oxygens (including phenoxy) is 3. The van der Waals surface area contributed by atoms with Crippen molar-refractivity contribution in [1.82, 2.24) is 29.9 Å². The number of hydrogen-bond acceptors (Lipinski definition) is 10. The number of para-hydroxylation sites is 1. The van der Waals surface area contributed by atoms with Crippen LogP contribution in [0.15, 0.2) is 30.5 Å². The molecule has 0 aliphatic carbocycles. The summed E-state index contributed by atoms with van der Waals surface area (Å²) < 4.78 is 46.0. The lowest BCUT2D eigenvalue weighted by atomic mass is 10.2. The monoisotopic (exact) mass is 552 g/mol. The van der Waals surface area contributed by atoms with E-state index in [-0.39, 0.29) is 5.82 Å². The number of H-pyrrole nitrogens is 1. The van der Waals surface area contributed by atoms with Crippen LogP contribution in [0.25, 0.3) is 17.2 Å². The summed E-state index contributed by atoms with van der Waals surface area (Å²) in [5.74, 6) is 0.940. The number of rotatable bonds is 10. The van der Waals surface area contributed by atoms with E-state index < -0.39 is 26.9 Å². The zero-order valence-electron chi connectivity index (χ0n) is 20.2. The number of thiazole rings is 1. The standard InChI is InChI=1S/C22H25ClN6O5S2/c1-12-9-14(26-25-12)21-28-27-18(29(21)19-15(32-3)7-6-8-16(19)33-4)11-36(30,31)13(2)20(34-5)22-24-10-17(23)35-22/h6-10,13,20H,11H2,1-5H3,(H,25,26)/t13-,20-/m0/s1. The maximum absolute atomic E-state index is 13.6. The summed E-state index contributed by atoms with van der Waals surface area (Å²) in [4.78, 5) is 4.20. The van der Waals surface area contributed by atoms with E-state index in [1.54, 1.807) is 35.8 Å². The minimum atomic E-state index is -3.83. The first-order valence-electron chi connectivity index (χ1n) is 10.7. The van der Waals surface area contributed by atoms with E-state index in [0.717, 1.165) is 5.69 Å². The topological polar surface area (TPSA) is 134 Å². The molecule has 0 unspecified atom stereocenters. The van der Waals surface area contributed by atoms with Gasteiger partial charge in [0.1, 0.15) is 44.1 Å². The summed E-state index contributed by atoms with van der Waals surface area (Å²) in [5, 5.41) is 15.2. The molecule has 36 heavy (non-hydrogen) atoms. The summed E-state index contributed by atoms with van der Waals surface area (Å²) in [5.41, 5.74) is 1.74. The van der Waals surface area contributed by atoms with Gasteiger partial charge >= 0.3 is 0 Å². The van der Waals surface area contributed by atoms with Crippen molar-refractivity contribution >= 4 is 32.8 Å². The Hall–Kier alpha value is -3.00. The number of methoxy groups -OCH3 is 3. The van der Waals surface area contributed by atoms with Crippen LogP contribution in [0.2, 0.25) is 4.34 Å². The summed E-state index contributed by atoms with van der Waals surface area (Å²) >= 11 is 7.19. The van der Waals surface area contributed by atoms with Crippen LogP contribution in [0.1, 0.15) is 29.6 Å². The van der Waals surface area contributed by atoms with Gasteiger partial charge in [-0.2, -0.15) is 5.10 Å². The second kappa shape index (κ2) is 10.5. The Kier molecular flexibility index (Phi) is 7.64. The van der Waals surface area contributed by atoms with Crippen molar-refractivity contribution in [1.29, 1.82) is 0 Å². The van der Waals surface area contributed by atoms with Gasteiger partial charge in [-0.1, -0.05) is 17.7 Å². The molecule has 0 saturated carbocycles. The van der Waals surface area contributed by atoms with Gasteiger partial charge in [-0.05, 0) is 32.0 Å². The Balaban J connectivity index is 1.83. The maximum Gasteiger partial charge on any atom is 0.189 e. The average molecular weight is 553 g/mol. The van der Waals surface area contributed by atoms with Crippen LogP contribution in [-0.2, 0) is 20.3 Å². The molecule has 0 saturated heterocycles.